The van der Waals surface area contributed by atoms with Gasteiger partial charge in [0.15, 0.2) is 11.7 Å². The lowest BCUT2D eigenvalue weighted by Gasteiger charge is -2.34. The highest BCUT2D eigenvalue weighted by Gasteiger charge is 2.23. The fraction of sp³-hybridized carbons (Fsp3) is 0.778. The fourth-order valence-corrected chi connectivity index (χ4v) is 3.41. The smallest absolute Gasteiger partial charge is 0.194 e. The molecule has 1 aromatic rings. The van der Waals surface area contributed by atoms with Gasteiger partial charge in [0.2, 0.25) is 0 Å². The second-order valence-electron chi connectivity index (χ2n) is 6.84. The normalized spacial score (nSPS) is 23.0. The molecule has 2 aliphatic heterocycles. The van der Waals surface area contributed by atoms with E-state index in [1.165, 1.54) is 12.8 Å². The van der Waals surface area contributed by atoms with Crippen LogP contribution < -0.4 is 5.32 Å². The van der Waals surface area contributed by atoms with Crippen molar-refractivity contribution in [1.82, 2.24) is 15.4 Å². The highest BCUT2D eigenvalue weighted by Crippen LogP contribution is 2.18. The van der Waals surface area contributed by atoms with Crippen molar-refractivity contribution in [3.8, 4) is 0 Å². The first kappa shape index (κ1) is 18.2. The first-order chi connectivity index (χ1) is 12.2. The lowest BCUT2D eigenvalue weighted by Crippen LogP contribution is -2.47. The van der Waals surface area contributed by atoms with Crippen LogP contribution in [-0.4, -0.2) is 61.6 Å². The van der Waals surface area contributed by atoms with E-state index in [9.17, 15) is 0 Å². The monoisotopic (exact) mass is 350 g/mol. The molecule has 7 nitrogen and oxygen atoms in total. The molecule has 3 heterocycles. The number of likely N-dealkylation sites (tertiary alicyclic amines) is 1. The molecule has 0 radical (unpaired) electrons. The van der Waals surface area contributed by atoms with Crippen LogP contribution in [0.3, 0.4) is 0 Å². The van der Waals surface area contributed by atoms with E-state index in [1.54, 1.807) is 0 Å². The van der Waals surface area contributed by atoms with E-state index in [-0.39, 0.29) is 0 Å². The average molecular weight is 350 g/mol. The van der Waals surface area contributed by atoms with Crippen molar-refractivity contribution < 1.29 is 14.0 Å². The number of piperidine rings is 1. The van der Waals surface area contributed by atoms with Crippen LogP contribution in [0.15, 0.2) is 15.6 Å². The third kappa shape index (κ3) is 5.44. The molecule has 0 aromatic carbocycles. The molecule has 2 fully saturated rings. The third-order valence-electron chi connectivity index (χ3n) is 4.84. The first-order valence-corrected chi connectivity index (χ1v) is 9.35. The predicted molar refractivity (Wildman–Crippen MR) is 95.6 cm³/mol. The van der Waals surface area contributed by atoms with Crippen LogP contribution in [0.25, 0.3) is 0 Å². The molecule has 25 heavy (non-hydrogen) atoms. The minimum Gasteiger partial charge on any atom is -0.376 e. The zero-order valence-corrected chi connectivity index (χ0v) is 15.4. The molecular weight excluding hydrogens is 320 g/mol. The van der Waals surface area contributed by atoms with Crippen LogP contribution in [0.2, 0.25) is 0 Å². The number of guanidine groups is 1. The lowest BCUT2D eigenvalue weighted by molar-refractivity contribution is -0.0721. The Kier molecular flexibility index (Phi) is 6.69. The molecule has 0 bridgehead atoms. The van der Waals surface area contributed by atoms with Gasteiger partial charge in [-0.2, -0.15) is 0 Å². The van der Waals surface area contributed by atoms with Crippen molar-refractivity contribution in [3.63, 3.8) is 0 Å². The van der Waals surface area contributed by atoms with E-state index in [0.717, 1.165) is 63.0 Å². The molecule has 0 saturated carbocycles. The van der Waals surface area contributed by atoms with Crippen LogP contribution in [0.4, 0.5) is 0 Å². The van der Waals surface area contributed by atoms with Gasteiger partial charge in [0.1, 0.15) is 0 Å². The molecule has 1 unspecified atom stereocenters. The molecule has 7 heteroatoms. The molecule has 1 aromatic heterocycles. The number of ether oxygens (including phenoxy) is 2. The van der Waals surface area contributed by atoms with Gasteiger partial charge < -0.3 is 24.2 Å². The van der Waals surface area contributed by atoms with Crippen LogP contribution in [0.5, 0.6) is 0 Å². The van der Waals surface area contributed by atoms with Gasteiger partial charge in [-0.25, -0.2) is 0 Å². The Hall–Kier alpha value is -1.60. The molecule has 1 atom stereocenters. The average Bonchev–Trinajstić information content (AvgIpc) is 3.07. The first-order valence-electron chi connectivity index (χ1n) is 9.35. The molecule has 1 N–H and O–H groups in total. The molecule has 2 aliphatic rings. The number of nitrogens with zero attached hydrogens (tertiary/aromatic N) is 3. The van der Waals surface area contributed by atoms with Gasteiger partial charge in [0, 0.05) is 32.8 Å². The van der Waals surface area contributed by atoms with Crippen molar-refractivity contribution >= 4 is 5.96 Å². The summed E-state index contributed by atoms with van der Waals surface area (Å²) in [5.41, 5.74) is 0.895. The van der Waals surface area contributed by atoms with E-state index in [0.29, 0.717) is 18.8 Å². The summed E-state index contributed by atoms with van der Waals surface area (Å²) in [4.78, 5) is 6.66. The largest absolute Gasteiger partial charge is 0.376 e. The SMILES string of the molecule is CN=C(NCc1cc(C)no1)N1CCC(OCC2CCCCO2)CC1. The number of nitrogens with one attached hydrogen (secondary N) is 1. The summed E-state index contributed by atoms with van der Waals surface area (Å²) in [7, 11) is 1.82. The van der Waals surface area contributed by atoms with Gasteiger partial charge in [0.25, 0.3) is 0 Å². The lowest BCUT2D eigenvalue weighted by atomic mass is 10.1. The quantitative estimate of drug-likeness (QED) is 0.648. The summed E-state index contributed by atoms with van der Waals surface area (Å²) in [5, 5.41) is 7.26. The van der Waals surface area contributed by atoms with E-state index in [2.05, 4.69) is 20.4 Å². The zero-order valence-electron chi connectivity index (χ0n) is 15.4. The molecule has 0 aliphatic carbocycles. The predicted octanol–water partition coefficient (Wildman–Crippen LogP) is 2.11. The highest BCUT2D eigenvalue weighted by molar-refractivity contribution is 5.79. The summed E-state index contributed by atoms with van der Waals surface area (Å²) in [6.45, 7) is 6.05. The van der Waals surface area contributed by atoms with Crippen molar-refractivity contribution in [3.05, 3.63) is 17.5 Å². The fourth-order valence-electron chi connectivity index (χ4n) is 3.41. The van der Waals surface area contributed by atoms with Crippen molar-refractivity contribution in [2.24, 2.45) is 4.99 Å². The maximum Gasteiger partial charge on any atom is 0.194 e. The van der Waals surface area contributed by atoms with E-state index >= 15 is 0 Å². The number of rotatable bonds is 5. The Morgan fingerprint density at radius 2 is 2.20 bits per heavy atom. The van der Waals surface area contributed by atoms with Gasteiger partial charge in [-0.3, -0.25) is 4.99 Å². The van der Waals surface area contributed by atoms with Crippen molar-refractivity contribution in [1.29, 1.82) is 0 Å². The Balaban J connectivity index is 1.37. The summed E-state index contributed by atoms with van der Waals surface area (Å²) >= 11 is 0. The van der Waals surface area contributed by atoms with Gasteiger partial charge in [-0.15, -0.1) is 0 Å². The topological polar surface area (TPSA) is 72.1 Å². The van der Waals surface area contributed by atoms with Gasteiger partial charge in [0.05, 0.1) is 31.1 Å². The molecule has 140 valence electrons. The van der Waals surface area contributed by atoms with Crippen LogP contribution in [0.1, 0.15) is 43.6 Å². The Morgan fingerprint density at radius 1 is 1.36 bits per heavy atom. The Labute approximate surface area is 149 Å². The molecule has 0 amide bonds. The summed E-state index contributed by atoms with van der Waals surface area (Å²) in [5.74, 6) is 1.73. The third-order valence-corrected chi connectivity index (χ3v) is 4.84. The number of hydrogen-bond acceptors (Lipinski definition) is 5. The minimum atomic E-state index is 0.298. The van der Waals surface area contributed by atoms with Crippen LogP contribution in [0, 0.1) is 6.92 Å². The maximum atomic E-state index is 6.08. The molecule has 0 spiro atoms. The van der Waals surface area contributed by atoms with Crippen molar-refractivity contribution in [2.75, 3.05) is 33.4 Å². The van der Waals surface area contributed by atoms with E-state index in [1.807, 2.05) is 20.0 Å². The van der Waals surface area contributed by atoms with Crippen molar-refractivity contribution in [2.45, 2.75) is 57.8 Å². The maximum absolute atomic E-state index is 6.08. The second-order valence-corrected chi connectivity index (χ2v) is 6.84. The number of aryl methyl sites for hydroxylation is 1. The van der Waals surface area contributed by atoms with E-state index in [4.69, 9.17) is 14.0 Å². The summed E-state index contributed by atoms with van der Waals surface area (Å²) < 4.78 is 17.1. The number of aromatic nitrogens is 1. The van der Waals surface area contributed by atoms with Gasteiger partial charge >= 0.3 is 0 Å². The number of aliphatic imine (C=N–C) groups is 1. The van der Waals surface area contributed by atoms with Gasteiger partial charge in [-0.1, -0.05) is 5.16 Å². The summed E-state index contributed by atoms with van der Waals surface area (Å²) in [6, 6.07) is 1.94. The number of hydrogen-bond donors (Lipinski definition) is 1. The van der Waals surface area contributed by atoms with Gasteiger partial charge in [-0.05, 0) is 39.0 Å². The van der Waals surface area contributed by atoms with Crippen LogP contribution in [-0.2, 0) is 16.0 Å². The molecule has 2 saturated heterocycles. The summed E-state index contributed by atoms with van der Waals surface area (Å²) in [6.07, 6.45) is 6.26. The van der Waals surface area contributed by atoms with E-state index < -0.39 is 0 Å². The minimum absolute atomic E-state index is 0.298. The molecule has 3 rings (SSSR count). The standard InChI is InChI=1S/C18H30N4O3/c1-14-11-17(25-21-14)12-20-18(19-2)22-8-6-15(7-9-22)24-13-16-5-3-4-10-23-16/h11,15-16H,3-10,12-13H2,1-2H3,(H,19,20). The molecular formula is C18H30N4O3. The Morgan fingerprint density at radius 3 is 2.84 bits per heavy atom. The zero-order chi connectivity index (χ0) is 17.5. The Bertz CT molecular complexity index is 546. The van der Waals surface area contributed by atoms with Crippen LogP contribution >= 0.6 is 0 Å². The highest BCUT2D eigenvalue weighted by atomic mass is 16.5. The second kappa shape index (κ2) is 9.20.